The van der Waals surface area contributed by atoms with Gasteiger partial charge in [-0.3, -0.25) is 0 Å². The Labute approximate surface area is 260 Å². The van der Waals surface area contributed by atoms with Crippen molar-refractivity contribution in [3.8, 4) is 34.2 Å². The highest BCUT2D eigenvalue weighted by atomic mass is 16.3. The van der Waals surface area contributed by atoms with E-state index in [2.05, 4.69) is 41.0 Å². The molecule has 214 valence electrons. The number of nitrogens with zero attached hydrogens (tertiary/aromatic N) is 3. The number of hydrogen-bond acceptors (Lipinski definition) is 6. The smallest absolute Gasteiger partial charge is 0.167 e. The second kappa shape index (κ2) is 11.4. The van der Waals surface area contributed by atoms with Crippen LogP contribution in [0.2, 0.25) is 0 Å². The van der Waals surface area contributed by atoms with E-state index in [0.29, 0.717) is 17.5 Å². The van der Waals surface area contributed by atoms with Gasteiger partial charge >= 0.3 is 0 Å². The van der Waals surface area contributed by atoms with Crippen LogP contribution in [0.1, 0.15) is 0 Å². The Morgan fingerprint density at radius 2 is 0.978 bits per heavy atom. The Bertz CT molecular complexity index is 2280. The van der Waals surface area contributed by atoms with Crippen molar-refractivity contribution in [2.75, 3.05) is 10.6 Å². The molecule has 0 aliphatic rings. The van der Waals surface area contributed by atoms with Gasteiger partial charge in [0.05, 0.1) is 16.9 Å². The summed E-state index contributed by atoms with van der Waals surface area (Å²) in [7, 11) is 0. The molecule has 0 unspecified atom stereocenters. The number of benzene rings is 6. The molecule has 0 bridgehead atoms. The van der Waals surface area contributed by atoms with E-state index in [0.717, 1.165) is 61.4 Å². The molecule has 0 radical (unpaired) electrons. The van der Waals surface area contributed by atoms with Gasteiger partial charge in [-0.1, -0.05) is 103 Å². The lowest BCUT2D eigenvalue weighted by Gasteiger charge is -2.15. The standard InChI is InChI=1S/C39H27N5O/c1-3-13-26(14-4-1)37-42-38(44-39(43-37)32-21-12-20-31-30-19-7-10-24-35(30)45-36(31)32)27-15-11-18-29(25-27)41-34-23-9-8-22-33(34)40-28-16-5-2-6-17-28/h1-25,40-41H. The minimum absolute atomic E-state index is 0.555. The lowest BCUT2D eigenvalue weighted by atomic mass is 10.1. The monoisotopic (exact) mass is 581 g/mol. The fourth-order valence-corrected chi connectivity index (χ4v) is 5.53. The topological polar surface area (TPSA) is 75.9 Å². The Balaban J connectivity index is 1.22. The van der Waals surface area contributed by atoms with Crippen molar-refractivity contribution in [1.82, 2.24) is 15.0 Å². The Morgan fingerprint density at radius 3 is 1.78 bits per heavy atom. The molecule has 0 fully saturated rings. The molecule has 6 aromatic carbocycles. The van der Waals surface area contributed by atoms with Crippen LogP contribution in [0.3, 0.4) is 0 Å². The maximum Gasteiger partial charge on any atom is 0.167 e. The van der Waals surface area contributed by atoms with Gasteiger partial charge in [-0.2, -0.15) is 0 Å². The van der Waals surface area contributed by atoms with E-state index < -0.39 is 0 Å². The molecule has 0 aliphatic heterocycles. The number of furan rings is 1. The van der Waals surface area contributed by atoms with Crippen LogP contribution >= 0.6 is 0 Å². The molecule has 2 N–H and O–H groups in total. The van der Waals surface area contributed by atoms with Crippen LogP contribution in [0.15, 0.2) is 156 Å². The molecule has 2 aromatic heterocycles. The molecule has 0 aliphatic carbocycles. The highest BCUT2D eigenvalue weighted by molar-refractivity contribution is 6.09. The number of aromatic nitrogens is 3. The molecule has 0 saturated heterocycles. The van der Waals surface area contributed by atoms with Gasteiger partial charge in [0.2, 0.25) is 0 Å². The molecule has 2 heterocycles. The van der Waals surface area contributed by atoms with E-state index in [4.69, 9.17) is 19.4 Å². The first-order valence-corrected chi connectivity index (χ1v) is 14.8. The maximum absolute atomic E-state index is 6.35. The molecule has 6 heteroatoms. The van der Waals surface area contributed by atoms with Crippen molar-refractivity contribution >= 4 is 44.7 Å². The molecular weight excluding hydrogens is 554 g/mol. The lowest BCUT2D eigenvalue weighted by molar-refractivity contribution is 0.669. The third-order valence-electron chi connectivity index (χ3n) is 7.69. The summed E-state index contributed by atoms with van der Waals surface area (Å²) in [4.78, 5) is 14.9. The minimum Gasteiger partial charge on any atom is -0.455 e. The van der Waals surface area contributed by atoms with Gasteiger partial charge in [-0.15, -0.1) is 0 Å². The second-order valence-electron chi connectivity index (χ2n) is 10.7. The van der Waals surface area contributed by atoms with Gasteiger partial charge in [-0.05, 0) is 48.5 Å². The number of hydrogen-bond donors (Lipinski definition) is 2. The van der Waals surface area contributed by atoms with Crippen LogP contribution in [0, 0.1) is 0 Å². The van der Waals surface area contributed by atoms with Gasteiger partial charge in [0.15, 0.2) is 17.5 Å². The van der Waals surface area contributed by atoms with Crippen LogP contribution in [0.25, 0.3) is 56.1 Å². The molecule has 8 aromatic rings. The zero-order valence-corrected chi connectivity index (χ0v) is 24.2. The van der Waals surface area contributed by atoms with Crippen molar-refractivity contribution in [3.63, 3.8) is 0 Å². The van der Waals surface area contributed by atoms with Crippen molar-refractivity contribution in [2.24, 2.45) is 0 Å². The zero-order chi connectivity index (χ0) is 30.0. The average molecular weight is 582 g/mol. The molecule has 0 amide bonds. The predicted molar refractivity (Wildman–Crippen MR) is 183 cm³/mol. The van der Waals surface area contributed by atoms with Crippen molar-refractivity contribution in [3.05, 3.63) is 152 Å². The van der Waals surface area contributed by atoms with E-state index in [1.807, 2.05) is 121 Å². The van der Waals surface area contributed by atoms with Crippen molar-refractivity contribution in [2.45, 2.75) is 0 Å². The summed E-state index contributed by atoms with van der Waals surface area (Å²) in [5, 5.41) is 9.19. The van der Waals surface area contributed by atoms with E-state index in [1.54, 1.807) is 0 Å². The van der Waals surface area contributed by atoms with E-state index in [9.17, 15) is 0 Å². The number of fused-ring (bicyclic) bond motifs is 3. The Hall–Kier alpha value is -6.27. The highest BCUT2D eigenvalue weighted by Gasteiger charge is 2.17. The summed E-state index contributed by atoms with van der Waals surface area (Å²) in [5.74, 6) is 1.73. The van der Waals surface area contributed by atoms with Crippen LogP contribution < -0.4 is 10.6 Å². The number of rotatable bonds is 7. The Morgan fingerprint density at radius 1 is 0.422 bits per heavy atom. The highest BCUT2D eigenvalue weighted by Crippen LogP contribution is 2.36. The third kappa shape index (κ3) is 5.26. The van der Waals surface area contributed by atoms with Gasteiger partial charge in [0.1, 0.15) is 11.2 Å². The number of anilines is 4. The van der Waals surface area contributed by atoms with E-state index in [-0.39, 0.29) is 0 Å². The summed E-state index contributed by atoms with van der Waals surface area (Å²) < 4.78 is 6.35. The normalized spacial score (nSPS) is 11.1. The summed E-state index contributed by atoms with van der Waals surface area (Å²) in [6.07, 6.45) is 0. The molecule has 6 nitrogen and oxygen atoms in total. The predicted octanol–water partition coefficient (Wildman–Crippen LogP) is 10.3. The van der Waals surface area contributed by atoms with Gasteiger partial charge < -0.3 is 15.1 Å². The first-order valence-electron chi connectivity index (χ1n) is 14.8. The first kappa shape index (κ1) is 26.4. The average Bonchev–Trinajstić information content (AvgIpc) is 3.49. The van der Waals surface area contributed by atoms with Crippen molar-refractivity contribution in [1.29, 1.82) is 0 Å². The number of nitrogens with one attached hydrogen (secondary N) is 2. The van der Waals surface area contributed by atoms with Crippen LogP contribution in [-0.2, 0) is 0 Å². The largest absolute Gasteiger partial charge is 0.455 e. The number of para-hydroxylation sites is 5. The fourth-order valence-electron chi connectivity index (χ4n) is 5.53. The van der Waals surface area contributed by atoms with Crippen LogP contribution in [0.4, 0.5) is 22.7 Å². The van der Waals surface area contributed by atoms with Crippen LogP contribution in [0.5, 0.6) is 0 Å². The molecule has 0 saturated carbocycles. The fraction of sp³-hybridized carbons (Fsp3) is 0. The summed E-state index contributed by atoms with van der Waals surface area (Å²) >= 11 is 0. The summed E-state index contributed by atoms with van der Waals surface area (Å²) in [6, 6.07) is 50.6. The van der Waals surface area contributed by atoms with Gasteiger partial charge in [0, 0.05) is 33.3 Å². The van der Waals surface area contributed by atoms with Gasteiger partial charge in [0.25, 0.3) is 0 Å². The van der Waals surface area contributed by atoms with Crippen molar-refractivity contribution < 1.29 is 4.42 Å². The molecule has 0 spiro atoms. The maximum atomic E-state index is 6.35. The van der Waals surface area contributed by atoms with E-state index >= 15 is 0 Å². The summed E-state index contributed by atoms with van der Waals surface area (Å²) in [5.41, 5.74) is 8.05. The molecule has 8 rings (SSSR count). The second-order valence-corrected chi connectivity index (χ2v) is 10.7. The first-order chi connectivity index (χ1) is 22.3. The van der Waals surface area contributed by atoms with Crippen LogP contribution in [-0.4, -0.2) is 15.0 Å². The quantitative estimate of drug-likeness (QED) is 0.195. The molecular formula is C39H27N5O. The van der Waals surface area contributed by atoms with E-state index in [1.165, 1.54) is 0 Å². The SMILES string of the molecule is c1ccc(Nc2ccccc2Nc2cccc(-c3nc(-c4ccccc4)nc(-c4cccc5c4oc4ccccc45)n3)c2)cc1. The minimum atomic E-state index is 0.555. The van der Waals surface area contributed by atoms with Gasteiger partial charge in [-0.25, -0.2) is 15.0 Å². The molecule has 0 atom stereocenters. The zero-order valence-electron chi connectivity index (χ0n) is 24.2. The molecule has 45 heavy (non-hydrogen) atoms. The Kier molecular flexibility index (Phi) is 6.70. The third-order valence-corrected chi connectivity index (χ3v) is 7.69. The summed E-state index contributed by atoms with van der Waals surface area (Å²) in [6.45, 7) is 0. The lowest BCUT2D eigenvalue weighted by Crippen LogP contribution is -2.01.